The molecule has 1 aromatic heterocycles. The number of hydrogen-bond acceptors (Lipinski definition) is 3. The van der Waals surface area contributed by atoms with Gasteiger partial charge in [0, 0.05) is 18.4 Å². The molecule has 0 spiro atoms. The number of benzene rings is 1. The summed E-state index contributed by atoms with van der Waals surface area (Å²) in [5, 5.41) is 19.2. The van der Waals surface area contributed by atoms with Gasteiger partial charge in [-0.05, 0) is 56.4 Å². The molecule has 0 bridgehead atoms. The average molecular weight is 356 g/mol. The van der Waals surface area contributed by atoms with Crippen molar-refractivity contribution in [2.24, 2.45) is 5.92 Å². The minimum absolute atomic E-state index is 0.0354. The predicted octanol–water partition coefficient (Wildman–Crippen LogP) is 2.88. The first kappa shape index (κ1) is 18.0. The van der Waals surface area contributed by atoms with Crippen LogP contribution in [-0.2, 0) is 4.79 Å². The number of carbonyl (C=O) groups excluding carboxylic acids is 1. The van der Waals surface area contributed by atoms with Crippen LogP contribution in [0.25, 0.3) is 5.69 Å². The Balaban J connectivity index is 1.53. The highest BCUT2D eigenvalue weighted by molar-refractivity contribution is 5.75. The molecule has 1 atom stereocenters. The van der Waals surface area contributed by atoms with Gasteiger partial charge in [0.1, 0.15) is 0 Å². The third kappa shape index (κ3) is 4.41. The van der Waals surface area contributed by atoms with Crippen LogP contribution in [0.5, 0.6) is 0 Å². The van der Waals surface area contributed by atoms with E-state index in [0.29, 0.717) is 25.7 Å². The Bertz CT molecular complexity index is 752. The highest BCUT2D eigenvalue weighted by Crippen LogP contribution is 2.24. The summed E-state index contributed by atoms with van der Waals surface area (Å²) < 4.78 is 1.77. The topological polar surface area (TPSA) is 96.3 Å². The first-order chi connectivity index (χ1) is 12.5. The molecule has 7 heteroatoms. The number of carboxylic acids is 1. The highest BCUT2D eigenvalue weighted by Gasteiger charge is 2.26. The number of carboxylic acid groups (broad SMARTS) is 1. The van der Waals surface area contributed by atoms with Crippen LogP contribution in [0, 0.1) is 5.92 Å². The Hall–Kier alpha value is -2.83. The monoisotopic (exact) mass is 356 g/mol. The summed E-state index contributed by atoms with van der Waals surface area (Å²) >= 11 is 0. The predicted molar refractivity (Wildman–Crippen MR) is 97.0 cm³/mol. The third-order valence-corrected chi connectivity index (χ3v) is 4.90. The van der Waals surface area contributed by atoms with E-state index in [1.807, 2.05) is 43.5 Å². The molecule has 1 heterocycles. The van der Waals surface area contributed by atoms with Crippen molar-refractivity contribution in [3.05, 3.63) is 48.3 Å². The van der Waals surface area contributed by atoms with Crippen LogP contribution >= 0.6 is 0 Å². The van der Waals surface area contributed by atoms with Gasteiger partial charge in [0.15, 0.2) is 0 Å². The SMILES string of the molecule is CC(NC(=O)NC1CCC(C(=O)O)CC1)c1cccc(-n2cccn2)c1. The number of urea groups is 1. The van der Waals surface area contributed by atoms with E-state index >= 15 is 0 Å². The molecule has 2 amide bonds. The zero-order chi connectivity index (χ0) is 18.5. The molecule has 1 unspecified atom stereocenters. The minimum atomic E-state index is -0.737. The Morgan fingerprint density at radius 2 is 2.00 bits per heavy atom. The smallest absolute Gasteiger partial charge is 0.315 e. The number of nitrogens with zero attached hydrogens (tertiary/aromatic N) is 2. The number of rotatable bonds is 5. The van der Waals surface area contributed by atoms with E-state index in [9.17, 15) is 9.59 Å². The maximum atomic E-state index is 12.3. The van der Waals surface area contributed by atoms with Gasteiger partial charge in [-0.3, -0.25) is 4.79 Å². The largest absolute Gasteiger partial charge is 0.481 e. The summed E-state index contributed by atoms with van der Waals surface area (Å²) in [7, 11) is 0. The lowest BCUT2D eigenvalue weighted by Gasteiger charge is -2.27. The van der Waals surface area contributed by atoms with Crippen molar-refractivity contribution < 1.29 is 14.7 Å². The van der Waals surface area contributed by atoms with E-state index in [2.05, 4.69) is 15.7 Å². The first-order valence-corrected chi connectivity index (χ1v) is 8.92. The molecule has 2 aromatic rings. The molecule has 1 fully saturated rings. The van der Waals surface area contributed by atoms with Crippen molar-refractivity contribution in [3.63, 3.8) is 0 Å². The van der Waals surface area contributed by atoms with Crippen molar-refractivity contribution in [3.8, 4) is 5.69 Å². The molecule has 0 radical (unpaired) electrons. The summed E-state index contributed by atoms with van der Waals surface area (Å²) in [6, 6.07) is 9.39. The van der Waals surface area contributed by atoms with Gasteiger partial charge in [-0.15, -0.1) is 0 Å². The molecule has 7 nitrogen and oxygen atoms in total. The fraction of sp³-hybridized carbons (Fsp3) is 0.421. The van der Waals surface area contributed by atoms with Gasteiger partial charge in [-0.25, -0.2) is 9.48 Å². The number of nitrogens with one attached hydrogen (secondary N) is 2. The Labute approximate surface area is 152 Å². The minimum Gasteiger partial charge on any atom is -0.481 e. The van der Waals surface area contributed by atoms with Crippen molar-refractivity contribution in [1.82, 2.24) is 20.4 Å². The maximum absolute atomic E-state index is 12.3. The summed E-state index contributed by atoms with van der Waals surface area (Å²) in [5.41, 5.74) is 1.93. The van der Waals surface area contributed by atoms with E-state index in [1.54, 1.807) is 10.9 Å². The Morgan fingerprint density at radius 1 is 1.23 bits per heavy atom. The van der Waals surface area contributed by atoms with Crippen LogP contribution in [0.2, 0.25) is 0 Å². The maximum Gasteiger partial charge on any atom is 0.315 e. The van der Waals surface area contributed by atoms with Crippen LogP contribution < -0.4 is 10.6 Å². The molecule has 1 aliphatic rings. The number of aliphatic carboxylic acids is 1. The van der Waals surface area contributed by atoms with Gasteiger partial charge in [0.05, 0.1) is 17.6 Å². The summed E-state index contributed by atoms with van der Waals surface area (Å²) in [5.74, 6) is -1.02. The van der Waals surface area contributed by atoms with E-state index in [0.717, 1.165) is 11.3 Å². The number of hydrogen-bond donors (Lipinski definition) is 3. The lowest BCUT2D eigenvalue weighted by Crippen LogP contribution is -2.44. The molecule has 0 saturated heterocycles. The van der Waals surface area contributed by atoms with Gasteiger partial charge in [0.2, 0.25) is 0 Å². The Morgan fingerprint density at radius 3 is 2.65 bits per heavy atom. The number of carbonyl (C=O) groups is 2. The standard InChI is InChI=1S/C19H24N4O3/c1-13(15-4-2-5-17(12-15)23-11-3-10-20-23)21-19(26)22-16-8-6-14(7-9-16)18(24)25/h2-5,10-14,16H,6-9H2,1H3,(H,24,25)(H2,21,22,26). The van der Waals surface area contributed by atoms with Crippen LogP contribution in [0.3, 0.4) is 0 Å². The number of aromatic nitrogens is 2. The van der Waals surface area contributed by atoms with Gasteiger partial charge >= 0.3 is 12.0 Å². The number of amides is 2. The second-order valence-corrected chi connectivity index (χ2v) is 6.77. The second kappa shape index (κ2) is 8.03. The van der Waals surface area contributed by atoms with Crippen LogP contribution in [0.1, 0.15) is 44.2 Å². The third-order valence-electron chi connectivity index (χ3n) is 4.90. The lowest BCUT2D eigenvalue weighted by molar-refractivity contribution is -0.142. The lowest BCUT2D eigenvalue weighted by atomic mass is 9.86. The summed E-state index contributed by atoms with van der Waals surface area (Å²) in [6.45, 7) is 1.93. The molecule has 26 heavy (non-hydrogen) atoms. The van der Waals surface area contributed by atoms with Crippen molar-refractivity contribution in [1.29, 1.82) is 0 Å². The molecular formula is C19H24N4O3. The zero-order valence-electron chi connectivity index (χ0n) is 14.8. The van der Waals surface area contributed by atoms with Crippen LogP contribution in [-0.4, -0.2) is 32.9 Å². The van der Waals surface area contributed by atoms with Crippen molar-refractivity contribution >= 4 is 12.0 Å². The van der Waals surface area contributed by atoms with Crippen LogP contribution in [0.4, 0.5) is 4.79 Å². The molecule has 3 rings (SSSR count). The molecule has 3 N–H and O–H groups in total. The van der Waals surface area contributed by atoms with E-state index < -0.39 is 5.97 Å². The second-order valence-electron chi connectivity index (χ2n) is 6.77. The molecule has 1 saturated carbocycles. The average Bonchev–Trinajstić information content (AvgIpc) is 3.17. The van der Waals surface area contributed by atoms with Gasteiger partial charge in [-0.1, -0.05) is 12.1 Å². The fourth-order valence-electron chi connectivity index (χ4n) is 3.35. The normalized spacial score (nSPS) is 21.0. The van der Waals surface area contributed by atoms with E-state index in [1.165, 1.54) is 0 Å². The summed E-state index contributed by atoms with van der Waals surface area (Å²) in [4.78, 5) is 23.3. The Kier molecular flexibility index (Phi) is 5.55. The van der Waals surface area contributed by atoms with Gasteiger partial charge < -0.3 is 15.7 Å². The molecular weight excluding hydrogens is 332 g/mol. The van der Waals surface area contributed by atoms with E-state index in [4.69, 9.17) is 5.11 Å². The van der Waals surface area contributed by atoms with E-state index in [-0.39, 0.29) is 24.0 Å². The van der Waals surface area contributed by atoms with Gasteiger partial charge in [0.25, 0.3) is 0 Å². The zero-order valence-corrected chi connectivity index (χ0v) is 14.8. The first-order valence-electron chi connectivity index (χ1n) is 8.92. The van der Waals surface area contributed by atoms with Crippen molar-refractivity contribution in [2.45, 2.75) is 44.7 Å². The molecule has 138 valence electrons. The van der Waals surface area contributed by atoms with Crippen LogP contribution in [0.15, 0.2) is 42.7 Å². The fourth-order valence-corrected chi connectivity index (χ4v) is 3.35. The molecule has 0 aliphatic heterocycles. The molecule has 1 aromatic carbocycles. The quantitative estimate of drug-likeness (QED) is 0.767. The van der Waals surface area contributed by atoms with Crippen molar-refractivity contribution in [2.75, 3.05) is 0 Å². The summed E-state index contributed by atoms with van der Waals surface area (Å²) in [6.07, 6.45) is 6.23. The highest BCUT2D eigenvalue weighted by atomic mass is 16.4. The van der Waals surface area contributed by atoms with Gasteiger partial charge in [-0.2, -0.15) is 5.10 Å². The molecule has 1 aliphatic carbocycles.